The Hall–Kier alpha value is -1.88. The highest BCUT2D eigenvalue weighted by Gasteiger charge is 2.37. The molecule has 4 rings (SSSR count). The van der Waals surface area contributed by atoms with Crippen LogP contribution in [0.4, 0.5) is 5.69 Å². The summed E-state index contributed by atoms with van der Waals surface area (Å²) in [5.74, 6) is 0.870. The molecule has 5 nitrogen and oxygen atoms in total. The summed E-state index contributed by atoms with van der Waals surface area (Å²) in [5.41, 5.74) is 8.05. The summed E-state index contributed by atoms with van der Waals surface area (Å²) >= 11 is 0. The Morgan fingerprint density at radius 1 is 0.862 bits per heavy atom. The van der Waals surface area contributed by atoms with Gasteiger partial charge in [0.05, 0.1) is 0 Å². The maximum absolute atomic E-state index is 12.9. The Morgan fingerprint density at radius 3 is 2.14 bits per heavy atom. The molecule has 3 aliphatic carbocycles. The highest BCUT2D eigenvalue weighted by Crippen LogP contribution is 2.34. The summed E-state index contributed by atoms with van der Waals surface area (Å²) in [5, 5.41) is 3.08. The van der Waals surface area contributed by atoms with E-state index >= 15 is 0 Å². The van der Waals surface area contributed by atoms with Crippen LogP contribution in [0.2, 0.25) is 0 Å². The summed E-state index contributed by atoms with van der Waals surface area (Å²) in [6.45, 7) is 0.659. The summed E-state index contributed by atoms with van der Waals surface area (Å²) in [6, 6.07) is 8.67. The van der Waals surface area contributed by atoms with Crippen LogP contribution in [0.3, 0.4) is 0 Å². The highest BCUT2D eigenvalue weighted by atomic mass is 16.2. The van der Waals surface area contributed by atoms with Crippen LogP contribution in [0.1, 0.15) is 76.2 Å². The SMILES string of the molecule is NC1CCC(N(Cc2ccc(NC(=O)C3CCCCC3)cc2)C(=O)C2CC2)CC1. The van der Waals surface area contributed by atoms with E-state index in [1.165, 1.54) is 6.42 Å². The molecule has 3 aliphatic rings. The van der Waals surface area contributed by atoms with Crippen molar-refractivity contribution in [1.82, 2.24) is 4.90 Å². The quantitative estimate of drug-likeness (QED) is 0.755. The fourth-order valence-corrected chi connectivity index (χ4v) is 4.86. The lowest BCUT2D eigenvalue weighted by atomic mass is 9.88. The van der Waals surface area contributed by atoms with Gasteiger partial charge in [0.25, 0.3) is 0 Å². The first kappa shape index (κ1) is 20.4. The first-order chi connectivity index (χ1) is 14.1. The van der Waals surface area contributed by atoms with Gasteiger partial charge in [0.2, 0.25) is 11.8 Å². The van der Waals surface area contributed by atoms with E-state index in [2.05, 4.69) is 22.3 Å². The molecule has 5 heteroatoms. The zero-order chi connectivity index (χ0) is 20.2. The van der Waals surface area contributed by atoms with Crippen molar-refractivity contribution in [2.45, 2.75) is 89.3 Å². The fraction of sp³-hybridized carbons (Fsp3) is 0.667. The van der Waals surface area contributed by atoms with E-state index in [0.29, 0.717) is 18.5 Å². The molecule has 0 bridgehead atoms. The van der Waals surface area contributed by atoms with E-state index in [0.717, 1.165) is 75.5 Å². The van der Waals surface area contributed by atoms with Gasteiger partial charge < -0.3 is 16.0 Å². The van der Waals surface area contributed by atoms with Gasteiger partial charge in [0.15, 0.2) is 0 Å². The standard InChI is InChI=1S/C24H35N3O2/c25-20-10-14-22(15-11-20)27(24(29)19-8-9-19)16-17-6-12-21(13-7-17)26-23(28)18-4-2-1-3-5-18/h6-7,12-13,18-20,22H,1-5,8-11,14-16,25H2,(H,26,28). The predicted octanol–water partition coefficient (Wildman–Crippen LogP) is 4.21. The van der Waals surface area contributed by atoms with Gasteiger partial charge in [-0.1, -0.05) is 31.4 Å². The molecular formula is C24H35N3O2. The molecule has 158 valence electrons. The van der Waals surface area contributed by atoms with E-state index in [9.17, 15) is 9.59 Å². The third-order valence-corrected chi connectivity index (χ3v) is 6.94. The smallest absolute Gasteiger partial charge is 0.227 e. The number of nitrogens with zero attached hydrogens (tertiary/aromatic N) is 1. The number of nitrogens with one attached hydrogen (secondary N) is 1. The molecule has 0 unspecified atom stereocenters. The molecule has 0 heterocycles. The second-order valence-corrected chi connectivity index (χ2v) is 9.33. The second-order valence-electron chi connectivity index (χ2n) is 9.33. The van der Waals surface area contributed by atoms with Crippen molar-refractivity contribution in [3.63, 3.8) is 0 Å². The molecule has 3 N–H and O–H groups in total. The summed E-state index contributed by atoms with van der Waals surface area (Å²) < 4.78 is 0. The number of nitrogens with two attached hydrogens (primary N) is 1. The van der Waals surface area contributed by atoms with Crippen molar-refractivity contribution in [2.75, 3.05) is 5.32 Å². The molecule has 29 heavy (non-hydrogen) atoms. The Morgan fingerprint density at radius 2 is 1.52 bits per heavy atom. The number of anilines is 1. The minimum Gasteiger partial charge on any atom is -0.335 e. The third kappa shape index (κ3) is 5.39. The van der Waals surface area contributed by atoms with E-state index < -0.39 is 0 Å². The summed E-state index contributed by atoms with van der Waals surface area (Å²) in [4.78, 5) is 27.5. The second kappa shape index (κ2) is 9.29. The Balaban J connectivity index is 1.37. The monoisotopic (exact) mass is 397 g/mol. The van der Waals surface area contributed by atoms with Crippen LogP contribution in [0.25, 0.3) is 0 Å². The highest BCUT2D eigenvalue weighted by molar-refractivity contribution is 5.92. The van der Waals surface area contributed by atoms with Gasteiger partial charge in [-0.25, -0.2) is 0 Å². The number of carbonyl (C=O) groups is 2. The number of hydrogen-bond donors (Lipinski definition) is 2. The maximum atomic E-state index is 12.9. The van der Waals surface area contributed by atoms with Crippen molar-refractivity contribution in [2.24, 2.45) is 17.6 Å². The third-order valence-electron chi connectivity index (χ3n) is 6.94. The topological polar surface area (TPSA) is 75.4 Å². The first-order valence-electron chi connectivity index (χ1n) is 11.6. The number of rotatable bonds is 6. The largest absolute Gasteiger partial charge is 0.335 e. The van der Waals surface area contributed by atoms with Gasteiger partial charge in [0, 0.05) is 36.2 Å². The molecule has 1 aromatic carbocycles. The molecular weight excluding hydrogens is 362 g/mol. The first-order valence-corrected chi connectivity index (χ1v) is 11.6. The van der Waals surface area contributed by atoms with Gasteiger partial charge in [0.1, 0.15) is 0 Å². The number of hydrogen-bond acceptors (Lipinski definition) is 3. The van der Waals surface area contributed by atoms with Gasteiger partial charge in [-0.15, -0.1) is 0 Å². The Labute approximate surface area is 174 Å². The molecule has 1 aromatic rings. The van der Waals surface area contributed by atoms with Gasteiger partial charge >= 0.3 is 0 Å². The van der Waals surface area contributed by atoms with Crippen molar-refractivity contribution >= 4 is 17.5 Å². The van der Waals surface area contributed by atoms with E-state index in [1.807, 2.05) is 12.1 Å². The van der Waals surface area contributed by atoms with Crippen LogP contribution < -0.4 is 11.1 Å². The zero-order valence-electron chi connectivity index (χ0n) is 17.4. The lowest BCUT2D eigenvalue weighted by molar-refractivity contribution is -0.136. The van der Waals surface area contributed by atoms with Crippen LogP contribution in [0.5, 0.6) is 0 Å². The van der Waals surface area contributed by atoms with Gasteiger partial charge in [-0.2, -0.15) is 0 Å². The Kier molecular flexibility index (Phi) is 6.53. The summed E-state index contributed by atoms with van der Waals surface area (Å²) in [7, 11) is 0. The summed E-state index contributed by atoms with van der Waals surface area (Å²) in [6.07, 6.45) is 11.7. The molecule has 3 fully saturated rings. The van der Waals surface area contributed by atoms with Gasteiger partial charge in [-0.05, 0) is 69.1 Å². The molecule has 2 amide bonds. The minimum atomic E-state index is 0.154. The van der Waals surface area contributed by atoms with Crippen molar-refractivity contribution < 1.29 is 9.59 Å². The van der Waals surface area contributed by atoms with E-state index in [1.54, 1.807) is 0 Å². The average molecular weight is 398 g/mol. The molecule has 0 spiro atoms. The molecule has 0 saturated heterocycles. The van der Waals surface area contributed by atoms with Crippen molar-refractivity contribution in [3.8, 4) is 0 Å². The Bertz CT molecular complexity index is 699. The number of carbonyl (C=O) groups excluding carboxylic acids is 2. The molecule has 0 aliphatic heterocycles. The minimum absolute atomic E-state index is 0.154. The lowest BCUT2D eigenvalue weighted by Crippen LogP contribution is -2.44. The van der Waals surface area contributed by atoms with Crippen LogP contribution in [-0.2, 0) is 16.1 Å². The van der Waals surface area contributed by atoms with Crippen LogP contribution in [-0.4, -0.2) is 28.8 Å². The van der Waals surface area contributed by atoms with E-state index in [-0.39, 0.29) is 23.8 Å². The normalized spacial score (nSPS) is 25.4. The predicted molar refractivity (Wildman–Crippen MR) is 115 cm³/mol. The lowest BCUT2D eigenvalue weighted by Gasteiger charge is -2.36. The van der Waals surface area contributed by atoms with Gasteiger partial charge in [-0.3, -0.25) is 9.59 Å². The number of amides is 2. The van der Waals surface area contributed by atoms with Crippen molar-refractivity contribution in [3.05, 3.63) is 29.8 Å². The molecule has 3 saturated carbocycles. The average Bonchev–Trinajstić information content (AvgIpc) is 3.60. The molecule has 0 atom stereocenters. The molecule has 0 aromatic heterocycles. The van der Waals surface area contributed by atoms with Crippen LogP contribution in [0.15, 0.2) is 24.3 Å². The molecule has 0 radical (unpaired) electrons. The number of benzene rings is 1. The van der Waals surface area contributed by atoms with Crippen LogP contribution in [0, 0.1) is 11.8 Å². The zero-order valence-corrected chi connectivity index (χ0v) is 17.4. The van der Waals surface area contributed by atoms with E-state index in [4.69, 9.17) is 5.73 Å². The van der Waals surface area contributed by atoms with Crippen molar-refractivity contribution in [1.29, 1.82) is 0 Å². The van der Waals surface area contributed by atoms with Crippen LogP contribution >= 0.6 is 0 Å². The fourth-order valence-electron chi connectivity index (χ4n) is 4.86. The maximum Gasteiger partial charge on any atom is 0.227 e.